The van der Waals surface area contributed by atoms with E-state index in [1.165, 1.54) is 29.6 Å². The van der Waals surface area contributed by atoms with E-state index in [2.05, 4.69) is 39.0 Å². The van der Waals surface area contributed by atoms with Gasteiger partial charge in [-0.25, -0.2) is 0 Å². The third-order valence-electron chi connectivity index (χ3n) is 2.29. The lowest BCUT2D eigenvalue weighted by Gasteiger charge is -2.12. The summed E-state index contributed by atoms with van der Waals surface area (Å²) in [6.45, 7) is 6.50. The first kappa shape index (κ1) is 8.32. The van der Waals surface area contributed by atoms with Crippen LogP contribution in [0.3, 0.4) is 0 Å². The van der Waals surface area contributed by atoms with Crippen LogP contribution in [-0.4, -0.2) is 0 Å². The highest BCUT2D eigenvalue weighted by atomic mass is 14.1. The summed E-state index contributed by atoms with van der Waals surface area (Å²) in [6.07, 6.45) is 9.13. The van der Waals surface area contributed by atoms with E-state index in [9.17, 15) is 0 Å². The summed E-state index contributed by atoms with van der Waals surface area (Å²) in [4.78, 5) is 0. The molecule has 1 rings (SSSR count). The molecule has 1 aliphatic carbocycles. The van der Waals surface area contributed by atoms with Gasteiger partial charge >= 0.3 is 0 Å². The zero-order valence-electron chi connectivity index (χ0n) is 7.65. The van der Waals surface area contributed by atoms with Crippen LogP contribution in [0.4, 0.5) is 0 Å². The molecule has 0 radical (unpaired) electrons. The minimum Gasteiger partial charge on any atom is -0.0841 e. The zero-order chi connectivity index (χ0) is 8.27. The predicted molar refractivity (Wildman–Crippen MR) is 50.5 cm³/mol. The van der Waals surface area contributed by atoms with E-state index in [4.69, 9.17) is 0 Å². The average molecular weight is 148 g/mol. The molecule has 0 atom stereocenters. The largest absolute Gasteiger partial charge is 0.0841 e. The van der Waals surface area contributed by atoms with Crippen molar-refractivity contribution in [3.63, 3.8) is 0 Å². The highest BCUT2D eigenvalue weighted by Gasteiger charge is 2.03. The van der Waals surface area contributed by atoms with E-state index in [1.54, 1.807) is 0 Å². The van der Waals surface area contributed by atoms with Crippen molar-refractivity contribution in [2.45, 2.75) is 33.6 Å². The Morgan fingerprint density at radius 2 is 2.27 bits per heavy atom. The molecule has 0 heterocycles. The van der Waals surface area contributed by atoms with E-state index < -0.39 is 0 Å². The van der Waals surface area contributed by atoms with Crippen LogP contribution >= 0.6 is 0 Å². The molecule has 0 nitrogen and oxygen atoms in total. The molecule has 0 aromatic carbocycles. The third-order valence-corrected chi connectivity index (χ3v) is 2.29. The van der Waals surface area contributed by atoms with Gasteiger partial charge in [-0.15, -0.1) is 0 Å². The van der Waals surface area contributed by atoms with Gasteiger partial charge in [0.05, 0.1) is 0 Å². The molecule has 0 bridgehead atoms. The van der Waals surface area contributed by atoms with Crippen molar-refractivity contribution in [1.82, 2.24) is 0 Å². The van der Waals surface area contributed by atoms with Gasteiger partial charge in [0, 0.05) is 0 Å². The Labute approximate surface area is 69.3 Å². The zero-order valence-corrected chi connectivity index (χ0v) is 7.65. The molecular weight excluding hydrogens is 132 g/mol. The highest BCUT2D eigenvalue weighted by Crippen LogP contribution is 2.23. The van der Waals surface area contributed by atoms with Gasteiger partial charge in [0.2, 0.25) is 0 Å². The molecule has 0 fully saturated rings. The van der Waals surface area contributed by atoms with Crippen LogP contribution in [0.1, 0.15) is 33.6 Å². The van der Waals surface area contributed by atoms with E-state index in [1.807, 2.05) is 0 Å². The third kappa shape index (κ3) is 1.83. The smallest absolute Gasteiger partial charge is 0.0244 e. The second kappa shape index (κ2) is 3.56. The van der Waals surface area contributed by atoms with Gasteiger partial charge in [-0.05, 0) is 44.8 Å². The van der Waals surface area contributed by atoms with Gasteiger partial charge < -0.3 is 0 Å². The second-order valence-electron chi connectivity index (χ2n) is 3.11. The SMILES string of the molecule is C/C=C(/C)C1=C(C)CCC=C1. The van der Waals surface area contributed by atoms with Crippen LogP contribution in [0.25, 0.3) is 0 Å². The van der Waals surface area contributed by atoms with Crippen molar-refractivity contribution < 1.29 is 0 Å². The minimum absolute atomic E-state index is 1.21. The Hall–Kier alpha value is -0.780. The first-order chi connectivity index (χ1) is 5.25. The maximum absolute atomic E-state index is 2.26. The van der Waals surface area contributed by atoms with Gasteiger partial charge in [-0.2, -0.15) is 0 Å². The topological polar surface area (TPSA) is 0 Å². The molecule has 0 heteroatoms. The van der Waals surface area contributed by atoms with Crippen LogP contribution in [-0.2, 0) is 0 Å². The Balaban J connectivity index is 2.93. The summed E-state index contributed by atoms with van der Waals surface area (Å²) >= 11 is 0. The first-order valence-corrected chi connectivity index (χ1v) is 4.25. The predicted octanol–water partition coefficient (Wildman–Crippen LogP) is 3.62. The summed E-state index contributed by atoms with van der Waals surface area (Å²) < 4.78 is 0. The lowest BCUT2D eigenvalue weighted by Crippen LogP contribution is -1.92. The van der Waals surface area contributed by atoms with Crippen molar-refractivity contribution in [1.29, 1.82) is 0 Å². The van der Waals surface area contributed by atoms with Crippen molar-refractivity contribution in [2.24, 2.45) is 0 Å². The standard InChI is InChI=1S/C11H16/c1-4-9(2)11-8-6-5-7-10(11)3/h4,6,8H,5,7H2,1-3H3/b9-4-. The van der Waals surface area contributed by atoms with Crippen molar-refractivity contribution in [3.05, 3.63) is 34.9 Å². The van der Waals surface area contributed by atoms with Crippen molar-refractivity contribution in [2.75, 3.05) is 0 Å². The summed E-state index contributed by atoms with van der Waals surface area (Å²) in [7, 11) is 0. The maximum Gasteiger partial charge on any atom is -0.0244 e. The van der Waals surface area contributed by atoms with E-state index in [0.717, 1.165) is 0 Å². The molecule has 11 heavy (non-hydrogen) atoms. The molecule has 0 saturated carbocycles. The average Bonchev–Trinajstić information content (AvgIpc) is 2.04. The van der Waals surface area contributed by atoms with Gasteiger partial charge in [0.25, 0.3) is 0 Å². The summed E-state index contributed by atoms with van der Waals surface area (Å²) in [6, 6.07) is 0. The van der Waals surface area contributed by atoms with Crippen LogP contribution in [0.2, 0.25) is 0 Å². The molecule has 0 saturated heterocycles. The van der Waals surface area contributed by atoms with Gasteiger partial charge in [-0.1, -0.05) is 23.8 Å². The van der Waals surface area contributed by atoms with Crippen LogP contribution < -0.4 is 0 Å². The maximum atomic E-state index is 2.26. The van der Waals surface area contributed by atoms with Crippen LogP contribution in [0.15, 0.2) is 34.9 Å². The minimum atomic E-state index is 1.21. The van der Waals surface area contributed by atoms with Gasteiger partial charge in [0.15, 0.2) is 0 Å². The summed E-state index contributed by atoms with van der Waals surface area (Å²) in [5, 5.41) is 0. The van der Waals surface area contributed by atoms with Crippen molar-refractivity contribution >= 4 is 0 Å². The Morgan fingerprint density at radius 1 is 1.55 bits per heavy atom. The molecule has 60 valence electrons. The molecular formula is C11H16. The molecule has 0 aromatic heterocycles. The van der Waals surface area contributed by atoms with E-state index >= 15 is 0 Å². The van der Waals surface area contributed by atoms with Crippen molar-refractivity contribution in [3.8, 4) is 0 Å². The van der Waals surface area contributed by atoms with Gasteiger partial charge in [-0.3, -0.25) is 0 Å². The molecule has 0 aromatic rings. The Morgan fingerprint density at radius 3 is 2.82 bits per heavy atom. The highest BCUT2D eigenvalue weighted by molar-refractivity contribution is 5.43. The lowest BCUT2D eigenvalue weighted by molar-refractivity contribution is 0.941. The molecule has 1 aliphatic rings. The molecule has 0 spiro atoms. The van der Waals surface area contributed by atoms with Gasteiger partial charge in [0.1, 0.15) is 0 Å². The first-order valence-electron chi connectivity index (χ1n) is 4.25. The number of hydrogen-bond acceptors (Lipinski definition) is 0. The fourth-order valence-electron chi connectivity index (χ4n) is 1.40. The molecule has 0 unspecified atom stereocenters. The van der Waals surface area contributed by atoms with E-state index in [-0.39, 0.29) is 0 Å². The number of allylic oxidation sites excluding steroid dienone is 6. The second-order valence-corrected chi connectivity index (χ2v) is 3.11. The van der Waals surface area contributed by atoms with Crippen LogP contribution in [0.5, 0.6) is 0 Å². The summed E-state index contributed by atoms with van der Waals surface area (Å²) in [5.41, 5.74) is 4.38. The van der Waals surface area contributed by atoms with E-state index in [0.29, 0.717) is 0 Å². The quantitative estimate of drug-likeness (QED) is 0.532. The fourth-order valence-corrected chi connectivity index (χ4v) is 1.40. The molecule has 0 N–H and O–H groups in total. The monoisotopic (exact) mass is 148 g/mol. The normalized spacial score (nSPS) is 19.4. The molecule has 0 aliphatic heterocycles. The Kier molecular flexibility index (Phi) is 2.70. The Bertz CT molecular complexity index is 226. The van der Waals surface area contributed by atoms with Crippen LogP contribution in [0, 0.1) is 0 Å². The number of hydrogen-bond donors (Lipinski definition) is 0. The number of rotatable bonds is 1. The summed E-state index contributed by atoms with van der Waals surface area (Å²) in [5.74, 6) is 0. The lowest BCUT2D eigenvalue weighted by atomic mass is 9.94. The fraction of sp³-hybridized carbons (Fsp3) is 0.455. The molecule has 0 amide bonds.